The topological polar surface area (TPSA) is 59.1 Å². The molecular weight excluding hydrogens is 152 g/mol. The fraction of sp³-hybridized carbons (Fsp3) is 0.889. The molecule has 0 saturated carbocycles. The van der Waals surface area contributed by atoms with Gasteiger partial charge in [-0.2, -0.15) is 0 Å². The molecule has 72 valence electrons. The van der Waals surface area contributed by atoms with E-state index in [9.17, 15) is 0 Å². The summed E-state index contributed by atoms with van der Waals surface area (Å²) in [6.45, 7) is 6.98. The highest BCUT2D eigenvalue weighted by molar-refractivity contribution is 5.81. The highest BCUT2D eigenvalue weighted by Crippen LogP contribution is 2.03. The third-order valence-corrected chi connectivity index (χ3v) is 1.73. The normalized spacial score (nSPS) is 13.3. The number of amidine groups is 1. The molecule has 0 amide bonds. The summed E-state index contributed by atoms with van der Waals surface area (Å²) < 4.78 is 5.41. The van der Waals surface area contributed by atoms with Crippen LogP contribution < -0.4 is 5.73 Å². The maximum Gasteiger partial charge on any atom is 0.120 e. The quantitative estimate of drug-likeness (QED) is 0.474. The first-order valence-corrected chi connectivity index (χ1v) is 4.53. The summed E-state index contributed by atoms with van der Waals surface area (Å²) in [5.41, 5.74) is 5.32. The Labute approximate surface area is 74.8 Å². The molecule has 0 bridgehead atoms. The van der Waals surface area contributed by atoms with Crippen LogP contribution in [0.1, 0.15) is 33.6 Å². The Morgan fingerprint density at radius 3 is 2.42 bits per heavy atom. The van der Waals surface area contributed by atoms with Crippen molar-refractivity contribution >= 4 is 5.84 Å². The lowest BCUT2D eigenvalue weighted by atomic mass is 10.1. The summed E-state index contributed by atoms with van der Waals surface area (Å²) in [6.07, 6.45) is 1.64. The van der Waals surface area contributed by atoms with Crippen molar-refractivity contribution in [1.82, 2.24) is 0 Å². The second-order valence-corrected chi connectivity index (χ2v) is 3.41. The summed E-state index contributed by atoms with van der Waals surface area (Å²) in [5.74, 6) is 0.788. The molecule has 0 spiro atoms. The van der Waals surface area contributed by atoms with Crippen molar-refractivity contribution in [3.05, 3.63) is 0 Å². The van der Waals surface area contributed by atoms with Crippen LogP contribution in [0.15, 0.2) is 0 Å². The molecule has 0 heterocycles. The van der Waals surface area contributed by atoms with E-state index in [0.29, 0.717) is 12.5 Å². The zero-order valence-electron chi connectivity index (χ0n) is 8.26. The van der Waals surface area contributed by atoms with E-state index in [-0.39, 0.29) is 11.9 Å². The second-order valence-electron chi connectivity index (χ2n) is 3.41. The zero-order chi connectivity index (χ0) is 9.56. The minimum atomic E-state index is -0.177. The van der Waals surface area contributed by atoms with Crippen LogP contribution in [0.4, 0.5) is 0 Å². The summed E-state index contributed by atoms with van der Waals surface area (Å²) in [7, 11) is 0. The van der Waals surface area contributed by atoms with E-state index < -0.39 is 0 Å². The zero-order valence-corrected chi connectivity index (χ0v) is 8.26. The molecule has 0 aromatic carbocycles. The second kappa shape index (κ2) is 6.00. The van der Waals surface area contributed by atoms with Crippen LogP contribution in [0.25, 0.3) is 0 Å². The molecule has 0 radical (unpaired) electrons. The first-order valence-electron chi connectivity index (χ1n) is 4.53. The lowest BCUT2D eigenvalue weighted by Gasteiger charge is -2.14. The maximum absolute atomic E-state index is 7.19. The van der Waals surface area contributed by atoms with Gasteiger partial charge in [0.1, 0.15) is 11.9 Å². The molecule has 0 aromatic heterocycles. The van der Waals surface area contributed by atoms with Crippen LogP contribution in [0.2, 0.25) is 0 Å². The summed E-state index contributed by atoms with van der Waals surface area (Å²) in [6, 6.07) is 0. The van der Waals surface area contributed by atoms with Crippen LogP contribution in [-0.2, 0) is 4.74 Å². The molecule has 3 heteroatoms. The Morgan fingerprint density at radius 2 is 2.08 bits per heavy atom. The predicted molar refractivity (Wildman–Crippen MR) is 51.4 cm³/mol. The van der Waals surface area contributed by atoms with E-state index in [4.69, 9.17) is 15.9 Å². The van der Waals surface area contributed by atoms with E-state index in [1.54, 1.807) is 0 Å². The Kier molecular flexibility index (Phi) is 5.72. The fourth-order valence-corrected chi connectivity index (χ4v) is 0.874. The standard InChI is InChI=1S/C9H20N2O/c1-4-8(9(10)11)12-6-5-7(2)3/h7-8H,4-6H2,1-3H3,(H3,10,11). The summed E-state index contributed by atoms with van der Waals surface area (Å²) >= 11 is 0. The van der Waals surface area contributed by atoms with Crippen LogP contribution in [-0.4, -0.2) is 18.5 Å². The molecule has 12 heavy (non-hydrogen) atoms. The summed E-state index contributed by atoms with van der Waals surface area (Å²) in [4.78, 5) is 0. The van der Waals surface area contributed by atoms with Crippen LogP contribution in [0.3, 0.4) is 0 Å². The monoisotopic (exact) mass is 172 g/mol. The van der Waals surface area contributed by atoms with Crippen molar-refractivity contribution in [3.8, 4) is 0 Å². The van der Waals surface area contributed by atoms with Crippen LogP contribution >= 0.6 is 0 Å². The van der Waals surface area contributed by atoms with E-state index in [0.717, 1.165) is 12.8 Å². The molecule has 3 N–H and O–H groups in total. The van der Waals surface area contributed by atoms with Gasteiger partial charge in [0, 0.05) is 6.61 Å². The van der Waals surface area contributed by atoms with Crippen molar-refractivity contribution in [2.24, 2.45) is 11.7 Å². The van der Waals surface area contributed by atoms with Gasteiger partial charge in [-0.05, 0) is 18.8 Å². The molecule has 0 fully saturated rings. The van der Waals surface area contributed by atoms with Gasteiger partial charge in [0.05, 0.1) is 0 Å². The Bertz CT molecular complexity index is 134. The van der Waals surface area contributed by atoms with E-state index in [1.807, 2.05) is 6.92 Å². The van der Waals surface area contributed by atoms with E-state index in [1.165, 1.54) is 0 Å². The number of ether oxygens (including phenoxy) is 1. The Morgan fingerprint density at radius 1 is 1.50 bits per heavy atom. The number of hydrogen-bond acceptors (Lipinski definition) is 2. The molecule has 1 unspecified atom stereocenters. The lowest BCUT2D eigenvalue weighted by molar-refractivity contribution is 0.0854. The van der Waals surface area contributed by atoms with E-state index >= 15 is 0 Å². The van der Waals surface area contributed by atoms with Gasteiger partial charge in [-0.3, -0.25) is 5.41 Å². The third kappa shape index (κ3) is 5.13. The molecule has 0 aliphatic carbocycles. The minimum Gasteiger partial charge on any atom is -0.385 e. The third-order valence-electron chi connectivity index (χ3n) is 1.73. The molecule has 1 atom stereocenters. The number of hydrogen-bond donors (Lipinski definition) is 2. The molecule has 0 rings (SSSR count). The highest BCUT2D eigenvalue weighted by Gasteiger charge is 2.09. The first kappa shape index (κ1) is 11.4. The molecule has 3 nitrogen and oxygen atoms in total. The smallest absolute Gasteiger partial charge is 0.120 e. The number of nitrogens with one attached hydrogen (secondary N) is 1. The average Bonchev–Trinajstić information content (AvgIpc) is 1.96. The van der Waals surface area contributed by atoms with Gasteiger partial charge < -0.3 is 10.5 Å². The van der Waals surface area contributed by atoms with Gasteiger partial charge >= 0.3 is 0 Å². The molecule has 0 aliphatic rings. The van der Waals surface area contributed by atoms with Gasteiger partial charge in [0.2, 0.25) is 0 Å². The number of rotatable bonds is 6. The van der Waals surface area contributed by atoms with Crippen molar-refractivity contribution in [2.75, 3.05) is 6.61 Å². The molecular formula is C9H20N2O. The lowest BCUT2D eigenvalue weighted by Crippen LogP contribution is -2.30. The first-order chi connectivity index (χ1) is 5.57. The Balaban J connectivity index is 3.52. The molecule has 0 saturated heterocycles. The van der Waals surface area contributed by atoms with Gasteiger partial charge in [0.15, 0.2) is 0 Å². The van der Waals surface area contributed by atoms with Gasteiger partial charge in [-0.15, -0.1) is 0 Å². The largest absolute Gasteiger partial charge is 0.385 e. The average molecular weight is 172 g/mol. The molecule has 0 aromatic rings. The van der Waals surface area contributed by atoms with Gasteiger partial charge in [-0.25, -0.2) is 0 Å². The Hall–Kier alpha value is -0.570. The maximum atomic E-state index is 7.19. The summed E-state index contributed by atoms with van der Waals surface area (Å²) in [5, 5.41) is 7.19. The van der Waals surface area contributed by atoms with Crippen molar-refractivity contribution in [3.63, 3.8) is 0 Å². The molecule has 0 aliphatic heterocycles. The highest BCUT2D eigenvalue weighted by atomic mass is 16.5. The predicted octanol–water partition coefficient (Wildman–Crippen LogP) is 1.76. The van der Waals surface area contributed by atoms with Crippen LogP contribution in [0, 0.1) is 11.3 Å². The van der Waals surface area contributed by atoms with Crippen molar-refractivity contribution in [1.29, 1.82) is 5.41 Å². The van der Waals surface area contributed by atoms with Crippen molar-refractivity contribution in [2.45, 2.75) is 39.7 Å². The van der Waals surface area contributed by atoms with Gasteiger partial charge in [-0.1, -0.05) is 20.8 Å². The number of nitrogens with two attached hydrogens (primary N) is 1. The fourth-order valence-electron chi connectivity index (χ4n) is 0.874. The van der Waals surface area contributed by atoms with Crippen molar-refractivity contribution < 1.29 is 4.74 Å². The minimum absolute atomic E-state index is 0.140. The SMILES string of the molecule is CCC(OCCC(C)C)C(=N)N. The van der Waals surface area contributed by atoms with E-state index in [2.05, 4.69) is 13.8 Å². The van der Waals surface area contributed by atoms with Gasteiger partial charge in [0.25, 0.3) is 0 Å². The van der Waals surface area contributed by atoms with Crippen LogP contribution in [0.5, 0.6) is 0 Å².